The van der Waals surface area contributed by atoms with Crippen LogP contribution in [0.2, 0.25) is 0 Å². The number of ether oxygens (including phenoxy) is 3. The third-order valence-electron chi connectivity index (χ3n) is 6.90. The first-order chi connectivity index (χ1) is 20.2. The van der Waals surface area contributed by atoms with Crippen LogP contribution in [0.3, 0.4) is 0 Å². The summed E-state index contributed by atoms with van der Waals surface area (Å²) in [5.41, 5.74) is 1.44. The summed E-state index contributed by atoms with van der Waals surface area (Å²) in [5, 5.41) is 10.7. The number of carbonyl (C=O) groups excluding carboxylic acids is 1. The van der Waals surface area contributed by atoms with Crippen molar-refractivity contribution in [1.29, 1.82) is 0 Å². The van der Waals surface area contributed by atoms with E-state index in [-0.39, 0.29) is 24.3 Å². The van der Waals surface area contributed by atoms with E-state index in [1.165, 1.54) is 31.0 Å². The van der Waals surface area contributed by atoms with Crippen LogP contribution in [0.4, 0.5) is 4.39 Å². The fourth-order valence-corrected chi connectivity index (χ4v) is 4.93. The zero-order valence-corrected chi connectivity index (χ0v) is 23.6. The van der Waals surface area contributed by atoms with Gasteiger partial charge in [0.05, 0.1) is 38.1 Å². The van der Waals surface area contributed by atoms with Gasteiger partial charge in [-0.1, -0.05) is 24.3 Å². The van der Waals surface area contributed by atoms with Crippen LogP contribution in [0.1, 0.15) is 28.5 Å². The monoisotopic (exact) mass is 571 g/mol. The standard InChI is InChI=1S/C32H30FN3O6/c1-19(37)18-35-20(2)31(32(39)36(35)22-8-6-5-7-9-22)26(38)15-21-10-11-28(24(33)14-21)42-27-12-13-34-25-17-30(41-4)29(40-3)16-23(25)27/h5-14,16-17,19,37H,15,18H2,1-4H3/t19-/m0/s1. The first-order valence-corrected chi connectivity index (χ1v) is 13.3. The van der Waals surface area contributed by atoms with Crippen molar-refractivity contribution < 1.29 is 28.5 Å². The summed E-state index contributed by atoms with van der Waals surface area (Å²) in [5.74, 6) is 0.166. The second kappa shape index (κ2) is 11.9. The van der Waals surface area contributed by atoms with Crippen LogP contribution in [0.25, 0.3) is 16.6 Å². The normalized spacial score (nSPS) is 11.9. The first kappa shape index (κ1) is 28.6. The van der Waals surface area contributed by atoms with Crippen molar-refractivity contribution in [3.8, 4) is 28.7 Å². The molecule has 5 rings (SSSR count). The molecule has 0 radical (unpaired) electrons. The second-order valence-electron chi connectivity index (χ2n) is 9.84. The van der Waals surface area contributed by atoms with Crippen LogP contribution in [0, 0.1) is 12.7 Å². The Bertz CT molecular complexity index is 1830. The summed E-state index contributed by atoms with van der Waals surface area (Å²) in [6, 6.07) is 18.2. The Kier molecular flexibility index (Phi) is 8.08. The molecule has 0 aliphatic carbocycles. The van der Waals surface area contributed by atoms with E-state index in [0.29, 0.717) is 45.1 Å². The number of rotatable bonds is 10. The summed E-state index contributed by atoms with van der Waals surface area (Å²) in [4.78, 5) is 31.2. The number of ketones is 1. The average molecular weight is 572 g/mol. The number of para-hydroxylation sites is 1. The number of halogens is 1. The third-order valence-corrected chi connectivity index (χ3v) is 6.90. The van der Waals surface area contributed by atoms with Crippen LogP contribution in [0.5, 0.6) is 23.0 Å². The summed E-state index contributed by atoms with van der Waals surface area (Å²) in [6.45, 7) is 3.39. The van der Waals surface area contributed by atoms with Crippen LogP contribution in [-0.4, -0.2) is 45.6 Å². The van der Waals surface area contributed by atoms with Gasteiger partial charge in [0.25, 0.3) is 5.56 Å². The quantitative estimate of drug-likeness (QED) is 0.228. The average Bonchev–Trinajstić information content (AvgIpc) is 3.22. The smallest absolute Gasteiger partial charge is 0.282 e. The molecule has 0 saturated heterocycles. The van der Waals surface area contributed by atoms with Gasteiger partial charge in [-0.25, -0.2) is 9.07 Å². The van der Waals surface area contributed by atoms with Gasteiger partial charge < -0.3 is 19.3 Å². The topological polar surface area (TPSA) is 105 Å². The lowest BCUT2D eigenvalue weighted by atomic mass is 10.0. The van der Waals surface area contributed by atoms with Gasteiger partial charge in [0.15, 0.2) is 28.8 Å². The number of Topliss-reactive ketones (excluding diaryl/α,β-unsaturated/α-hetero) is 1. The van der Waals surface area contributed by atoms with Gasteiger partial charge in [-0.2, -0.15) is 0 Å². The highest BCUT2D eigenvalue weighted by molar-refractivity contribution is 5.98. The van der Waals surface area contributed by atoms with Crippen molar-refractivity contribution >= 4 is 16.7 Å². The van der Waals surface area contributed by atoms with Gasteiger partial charge in [0.1, 0.15) is 11.3 Å². The highest BCUT2D eigenvalue weighted by Gasteiger charge is 2.25. The molecule has 1 atom stereocenters. The molecule has 0 unspecified atom stereocenters. The van der Waals surface area contributed by atoms with Gasteiger partial charge in [0, 0.05) is 29.8 Å². The predicted octanol–water partition coefficient (Wildman–Crippen LogP) is 5.25. The van der Waals surface area contributed by atoms with Gasteiger partial charge in [-0.05, 0) is 55.8 Å². The van der Waals surface area contributed by atoms with E-state index in [1.807, 2.05) is 6.07 Å². The van der Waals surface area contributed by atoms with E-state index < -0.39 is 23.3 Å². The maximum Gasteiger partial charge on any atom is 0.282 e. The van der Waals surface area contributed by atoms with Crippen molar-refractivity contribution in [3.05, 3.63) is 106 Å². The number of aliphatic hydroxyl groups is 1. The highest BCUT2D eigenvalue weighted by atomic mass is 19.1. The van der Waals surface area contributed by atoms with E-state index in [2.05, 4.69) is 4.98 Å². The van der Waals surface area contributed by atoms with Crippen molar-refractivity contribution in [2.24, 2.45) is 0 Å². The predicted molar refractivity (Wildman–Crippen MR) is 156 cm³/mol. The maximum atomic E-state index is 15.3. The molecule has 216 valence electrons. The summed E-state index contributed by atoms with van der Waals surface area (Å²) in [6.07, 6.45) is 0.592. The van der Waals surface area contributed by atoms with Gasteiger partial charge >= 0.3 is 0 Å². The number of hydrogen-bond acceptors (Lipinski definition) is 7. The summed E-state index contributed by atoms with van der Waals surface area (Å²) >= 11 is 0. The number of carbonyl (C=O) groups is 1. The molecule has 3 aromatic carbocycles. The number of methoxy groups -OCH3 is 2. The fraction of sp³-hybridized carbons (Fsp3) is 0.219. The number of fused-ring (bicyclic) bond motifs is 1. The number of aromatic nitrogens is 3. The maximum absolute atomic E-state index is 15.3. The fourth-order valence-electron chi connectivity index (χ4n) is 4.93. The molecule has 5 aromatic rings. The number of nitrogens with zero attached hydrogens (tertiary/aromatic N) is 3. The Hall–Kier alpha value is -4.96. The lowest BCUT2D eigenvalue weighted by Crippen LogP contribution is -2.26. The number of benzene rings is 3. The van der Waals surface area contributed by atoms with Gasteiger partial charge in [0.2, 0.25) is 0 Å². The number of pyridine rings is 1. The Balaban J connectivity index is 1.43. The van der Waals surface area contributed by atoms with Crippen LogP contribution in [-0.2, 0) is 13.0 Å². The van der Waals surface area contributed by atoms with E-state index in [4.69, 9.17) is 14.2 Å². The Morgan fingerprint density at radius 1 is 0.976 bits per heavy atom. The zero-order chi connectivity index (χ0) is 30.0. The Labute approximate surface area is 241 Å². The molecule has 10 heteroatoms. The SMILES string of the molecule is COc1cc2nccc(Oc3ccc(CC(=O)c4c(C)n(C[C@H](C)O)n(-c5ccccc5)c4=O)cc3F)c2cc1OC. The second-order valence-corrected chi connectivity index (χ2v) is 9.84. The molecule has 0 bridgehead atoms. The molecule has 0 aliphatic heterocycles. The van der Waals surface area contributed by atoms with Crippen LogP contribution >= 0.6 is 0 Å². The van der Waals surface area contributed by atoms with Crippen molar-refractivity contribution in [2.45, 2.75) is 32.9 Å². The number of aliphatic hydroxyl groups excluding tert-OH is 1. The van der Waals surface area contributed by atoms with Crippen molar-refractivity contribution in [2.75, 3.05) is 14.2 Å². The molecule has 1 N–H and O–H groups in total. The minimum Gasteiger partial charge on any atom is -0.493 e. The van der Waals surface area contributed by atoms with E-state index in [0.717, 1.165) is 0 Å². The molecule has 0 saturated carbocycles. The highest BCUT2D eigenvalue weighted by Crippen LogP contribution is 2.37. The zero-order valence-electron chi connectivity index (χ0n) is 23.6. The molecule has 0 amide bonds. The molecule has 9 nitrogen and oxygen atoms in total. The largest absolute Gasteiger partial charge is 0.493 e. The Morgan fingerprint density at radius 2 is 1.69 bits per heavy atom. The molecular formula is C32H30FN3O6. The molecule has 0 fully saturated rings. The minimum atomic E-state index is -0.754. The number of hydrogen-bond donors (Lipinski definition) is 1. The molecule has 0 aliphatic rings. The molecular weight excluding hydrogens is 541 g/mol. The van der Waals surface area contributed by atoms with Gasteiger partial charge in [-0.15, -0.1) is 0 Å². The summed E-state index contributed by atoms with van der Waals surface area (Å²) < 4.78 is 34.8. The van der Waals surface area contributed by atoms with E-state index in [9.17, 15) is 14.7 Å². The lowest BCUT2D eigenvalue weighted by molar-refractivity contribution is 0.0990. The lowest BCUT2D eigenvalue weighted by Gasteiger charge is -2.15. The molecule has 42 heavy (non-hydrogen) atoms. The van der Waals surface area contributed by atoms with E-state index in [1.54, 1.807) is 73.3 Å². The first-order valence-electron chi connectivity index (χ1n) is 13.3. The molecule has 0 spiro atoms. The van der Waals surface area contributed by atoms with Crippen molar-refractivity contribution in [3.63, 3.8) is 0 Å². The van der Waals surface area contributed by atoms with Crippen LogP contribution in [0.15, 0.2) is 77.7 Å². The van der Waals surface area contributed by atoms with Crippen molar-refractivity contribution in [1.82, 2.24) is 14.3 Å². The Morgan fingerprint density at radius 3 is 2.36 bits per heavy atom. The molecule has 2 heterocycles. The summed E-state index contributed by atoms with van der Waals surface area (Å²) in [7, 11) is 3.04. The minimum absolute atomic E-state index is 0.00660. The van der Waals surface area contributed by atoms with Crippen LogP contribution < -0.4 is 19.8 Å². The van der Waals surface area contributed by atoms with E-state index >= 15 is 4.39 Å². The third kappa shape index (κ3) is 5.48. The van der Waals surface area contributed by atoms with Gasteiger partial charge in [-0.3, -0.25) is 19.3 Å². The molecule has 2 aromatic heterocycles.